The van der Waals surface area contributed by atoms with E-state index < -0.39 is 59.2 Å². The van der Waals surface area contributed by atoms with E-state index in [2.05, 4.69) is 0 Å². The van der Waals surface area contributed by atoms with E-state index in [1.54, 1.807) is 20.8 Å². The molecule has 3 rings (SSSR count). The number of benzene rings is 2. The quantitative estimate of drug-likeness (QED) is 0.208. The predicted octanol–water partition coefficient (Wildman–Crippen LogP) is 4.37. The van der Waals surface area contributed by atoms with Crippen molar-refractivity contribution in [3.63, 3.8) is 0 Å². The molecule has 0 saturated carbocycles. The van der Waals surface area contributed by atoms with Crippen molar-refractivity contribution >= 4 is 29.7 Å². The van der Waals surface area contributed by atoms with Crippen LogP contribution in [0.4, 0.5) is 0 Å². The molecule has 0 heterocycles. The van der Waals surface area contributed by atoms with Gasteiger partial charge in [-0.2, -0.15) is 0 Å². The number of nitrogens with two attached hydrogens (primary N) is 1. The fourth-order valence-corrected chi connectivity index (χ4v) is 6.95. The van der Waals surface area contributed by atoms with Gasteiger partial charge in [0.1, 0.15) is 18.7 Å². The summed E-state index contributed by atoms with van der Waals surface area (Å²) >= 11 is 0. The number of carboxylic acids is 1. The van der Waals surface area contributed by atoms with Gasteiger partial charge in [-0.25, -0.2) is 9.59 Å². The molecular formula is C38H54N4O7. The predicted molar refractivity (Wildman–Crippen MR) is 188 cm³/mol. The Morgan fingerprint density at radius 3 is 1.57 bits per heavy atom. The Balaban J connectivity index is 1.98. The van der Waals surface area contributed by atoms with Gasteiger partial charge in [0.15, 0.2) is 0 Å². The third-order valence-corrected chi connectivity index (χ3v) is 9.66. The number of rotatable bonds is 15. The summed E-state index contributed by atoms with van der Waals surface area (Å²) in [5, 5.41) is 10.7. The second kappa shape index (κ2) is 16.0. The first-order valence-electron chi connectivity index (χ1n) is 17.0. The first kappa shape index (κ1) is 39.2. The summed E-state index contributed by atoms with van der Waals surface area (Å²) in [6.45, 7) is 12.1. The summed E-state index contributed by atoms with van der Waals surface area (Å²) in [6, 6.07) is 12.7. The zero-order chi connectivity index (χ0) is 37.0. The Morgan fingerprint density at radius 1 is 0.735 bits per heavy atom. The summed E-state index contributed by atoms with van der Waals surface area (Å²) < 4.78 is 5.88. The van der Waals surface area contributed by atoms with Crippen LogP contribution in [-0.4, -0.2) is 101 Å². The lowest BCUT2D eigenvalue weighted by Gasteiger charge is -2.43. The molecule has 0 spiro atoms. The molecule has 0 fully saturated rings. The molecule has 0 aromatic heterocycles. The molecule has 3 amide bonds. The minimum absolute atomic E-state index is 0.0294. The molecule has 2 aromatic carbocycles. The van der Waals surface area contributed by atoms with E-state index in [0.717, 1.165) is 27.2 Å². The molecule has 49 heavy (non-hydrogen) atoms. The Hall–Kier alpha value is -4.25. The number of likely N-dealkylation sites (N-methyl/N-ethyl adjacent to an activating group) is 3. The third kappa shape index (κ3) is 7.82. The van der Waals surface area contributed by atoms with Gasteiger partial charge in [-0.15, -0.1) is 0 Å². The van der Waals surface area contributed by atoms with Crippen molar-refractivity contribution in [1.82, 2.24) is 14.7 Å². The highest BCUT2D eigenvalue weighted by Gasteiger charge is 2.57. The molecule has 3 N–H and O–H groups in total. The molecule has 0 aliphatic heterocycles. The maximum absolute atomic E-state index is 14.5. The molecule has 0 unspecified atom stereocenters. The minimum atomic E-state index is -2.40. The van der Waals surface area contributed by atoms with Crippen LogP contribution >= 0.6 is 0 Å². The third-order valence-electron chi connectivity index (χ3n) is 9.66. The van der Waals surface area contributed by atoms with Crippen LogP contribution in [0.1, 0.15) is 78.4 Å². The second-order valence-electron chi connectivity index (χ2n) is 14.4. The lowest BCUT2D eigenvalue weighted by atomic mass is 9.83. The summed E-state index contributed by atoms with van der Waals surface area (Å²) in [6.07, 6.45) is 0.505. The van der Waals surface area contributed by atoms with E-state index in [-0.39, 0.29) is 30.8 Å². The minimum Gasteiger partial charge on any atom is -0.479 e. The number of ether oxygens (including phenoxy) is 1. The zero-order valence-corrected chi connectivity index (χ0v) is 30.6. The standard InChI is InChI=1S/C38H54N4O7/c1-22(2)19-31(40(8)33(43)25(7)39)34(44)41(9)32(20-23(3)4)35(45)42(10)38(24(5)6,36(46)47)37(48)49-21-30-28-17-13-11-15-26(28)27-16-12-14-18-29(27)30/h11-18,22-25,30-32H,19-21,39H2,1-10H3,(H,46,47)/t25-,31+,32+,38+/m1/s1. The molecule has 268 valence electrons. The lowest BCUT2D eigenvalue weighted by molar-refractivity contribution is -0.181. The van der Waals surface area contributed by atoms with Crippen molar-refractivity contribution in [2.75, 3.05) is 27.7 Å². The van der Waals surface area contributed by atoms with Gasteiger partial charge in [-0.3, -0.25) is 14.4 Å². The number of amides is 3. The molecule has 1 aliphatic rings. The number of hydrogen-bond acceptors (Lipinski definition) is 7. The Kier molecular flexibility index (Phi) is 12.8. The Bertz CT molecular complexity index is 1490. The molecular weight excluding hydrogens is 624 g/mol. The van der Waals surface area contributed by atoms with Gasteiger partial charge in [-0.05, 0) is 59.8 Å². The zero-order valence-electron chi connectivity index (χ0n) is 30.6. The van der Waals surface area contributed by atoms with E-state index in [1.165, 1.54) is 30.9 Å². The van der Waals surface area contributed by atoms with Crippen LogP contribution in [-0.2, 0) is 28.7 Å². The van der Waals surface area contributed by atoms with Crippen LogP contribution in [0, 0.1) is 17.8 Å². The molecule has 11 nitrogen and oxygen atoms in total. The monoisotopic (exact) mass is 678 g/mol. The topological polar surface area (TPSA) is 151 Å². The Morgan fingerprint density at radius 2 is 1.16 bits per heavy atom. The summed E-state index contributed by atoms with van der Waals surface area (Å²) in [5.41, 5.74) is 7.44. The fourth-order valence-electron chi connectivity index (χ4n) is 6.95. The van der Waals surface area contributed by atoms with Gasteiger partial charge >= 0.3 is 11.9 Å². The molecule has 2 aromatic rings. The smallest absolute Gasteiger partial charge is 0.344 e. The number of carbonyl (C=O) groups excluding carboxylic acids is 4. The maximum Gasteiger partial charge on any atom is 0.344 e. The van der Waals surface area contributed by atoms with Crippen LogP contribution in [0.5, 0.6) is 0 Å². The average molecular weight is 679 g/mol. The fraction of sp³-hybridized carbons (Fsp3) is 0.553. The number of carbonyl (C=O) groups is 5. The van der Waals surface area contributed by atoms with Gasteiger partial charge in [-0.1, -0.05) is 90.1 Å². The van der Waals surface area contributed by atoms with Gasteiger partial charge in [0, 0.05) is 27.1 Å². The summed E-state index contributed by atoms with van der Waals surface area (Å²) in [4.78, 5) is 72.4. The highest BCUT2D eigenvalue weighted by molar-refractivity contribution is 6.08. The van der Waals surface area contributed by atoms with Crippen molar-refractivity contribution < 1.29 is 33.8 Å². The van der Waals surface area contributed by atoms with Crippen molar-refractivity contribution in [1.29, 1.82) is 0 Å². The van der Waals surface area contributed by atoms with Crippen molar-refractivity contribution in [3.8, 4) is 11.1 Å². The van der Waals surface area contributed by atoms with Crippen molar-refractivity contribution in [3.05, 3.63) is 59.7 Å². The average Bonchev–Trinajstić information content (AvgIpc) is 3.36. The maximum atomic E-state index is 14.5. The lowest BCUT2D eigenvalue weighted by Crippen LogP contribution is -2.67. The molecule has 11 heteroatoms. The van der Waals surface area contributed by atoms with Gasteiger partial charge in [0.05, 0.1) is 6.04 Å². The van der Waals surface area contributed by atoms with Crippen LogP contribution < -0.4 is 5.73 Å². The van der Waals surface area contributed by atoms with Crippen LogP contribution in [0.15, 0.2) is 48.5 Å². The molecule has 0 radical (unpaired) electrons. The number of hydrogen-bond donors (Lipinski definition) is 2. The van der Waals surface area contributed by atoms with Gasteiger partial charge in [0.2, 0.25) is 23.3 Å². The van der Waals surface area contributed by atoms with Crippen LogP contribution in [0.2, 0.25) is 0 Å². The number of carboxylic acid groups (broad SMARTS) is 1. The van der Waals surface area contributed by atoms with Gasteiger partial charge in [0.25, 0.3) is 0 Å². The number of nitrogens with zero attached hydrogens (tertiary/aromatic N) is 3. The van der Waals surface area contributed by atoms with E-state index in [0.29, 0.717) is 6.42 Å². The largest absolute Gasteiger partial charge is 0.479 e. The van der Waals surface area contributed by atoms with E-state index in [4.69, 9.17) is 10.5 Å². The van der Waals surface area contributed by atoms with E-state index in [1.807, 2.05) is 76.2 Å². The van der Waals surface area contributed by atoms with Crippen LogP contribution in [0.25, 0.3) is 11.1 Å². The van der Waals surface area contributed by atoms with Crippen molar-refractivity contribution in [2.45, 2.75) is 90.9 Å². The first-order valence-corrected chi connectivity index (χ1v) is 17.0. The van der Waals surface area contributed by atoms with Crippen molar-refractivity contribution in [2.24, 2.45) is 23.5 Å². The van der Waals surface area contributed by atoms with E-state index in [9.17, 15) is 29.1 Å². The highest BCUT2D eigenvalue weighted by Crippen LogP contribution is 2.45. The number of esters is 1. The first-order chi connectivity index (χ1) is 22.9. The molecule has 0 saturated heterocycles. The summed E-state index contributed by atoms with van der Waals surface area (Å²) in [5.74, 6) is -5.50. The van der Waals surface area contributed by atoms with Gasteiger partial charge < -0.3 is 30.3 Å². The summed E-state index contributed by atoms with van der Waals surface area (Å²) in [7, 11) is 4.27. The molecule has 0 bridgehead atoms. The number of aliphatic carboxylic acids is 1. The highest BCUT2D eigenvalue weighted by atomic mass is 16.5. The SMILES string of the molecule is CC(C)C[C@@H](C(=O)N(C)[C@@H](CC(C)C)C(=O)N(C)[C@@](C(=O)O)(C(=O)OCC1c2ccccc2-c2ccccc21)C(C)C)N(C)C(=O)[C@@H](C)N. The molecule has 4 atom stereocenters. The second-order valence-corrected chi connectivity index (χ2v) is 14.4. The van der Waals surface area contributed by atoms with Crippen LogP contribution in [0.3, 0.4) is 0 Å². The molecule has 1 aliphatic carbocycles. The normalized spacial score (nSPS) is 15.6. The van der Waals surface area contributed by atoms with E-state index >= 15 is 0 Å². The Labute approximate surface area is 290 Å². The number of fused-ring (bicyclic) bond motifs is 3.